The number of morpholine rings is 1. The zero-order chi connectivity index (χ0) is 12.1. The first-order valence-corrected chi connectivity index (χ1v) is 6.53. The Morgan fingerprint density at radius 2 is 2.41 bits per heavy atom. The van der Waals surface area contributed by atoms with E-state index in [2.05, 4.69) is 22.4 Å². The molecule has 1 fully saturated rings. The average molecular weight is 256 g/mol. The Morgan fingerprint density at radius 3 is 3.18 bits per heavy atom. The summed E-state index contributed by atoms with van der Waals surface area (Å²) >= 11 is 1.50. The van der Waals surface area contributed by atoms with Crippen LogP contribution in [-0.4, -0.2) is 47.3 Å². The van der Waals surface area contributed by atoms with Crippen molar-refractivity contribution in [3.05, 3.63) is 5.01 Å². The third kappa shape index (κ3) is 3.37. The van der Waals surface area contributed by atoms with Gasteiger partial charge in [-0.1, -0.05) is 18.3 Å². The Morgan fingerprint density at radius 1 is 1.53 bits per heavy atom. The minimum Gasteiger partial charge on any atom is -0.370 e. The molecule has 0 aromatic carbocycles. The molecule has 2 heterocycles. The van der Waals surface area contributed by atoms with Crippen molar-refractivity contribution in [1.29, 1.82) is 0 Å². The molecule has 0 bridgehead atoms. The lowest BCUT2D eigenvalue weighted by Gasteiger charge is -2.25. The summed E-state index contributed by atoms with van der Waals surface area (Å²) in [7, 11) is 0. The van der Waals surface area contributed by atoms with Gasteiger partial charge < -0.3 is 15.0 Å². The van der Waals surface area contributed by atoms with Crippen LogP contribution in [0.1, 0.15) is 18.4 Å². The molecule has 1 N–H and O–H groups in total. The molecule has 0 unspecified atom stereocenters. The standard InChI is InChI=1S/C10H16N4O2S/c1-2-3-11-10-13-12-8(17-10)6-14-4-5-16-7-9(14)15/h2-7H2,1H3,(H,11,13). The molecule has 1 aromatic rings. The first kappa shape index (κ1) is 12.3. The van der Waals surface area contributed by atoms with Crippen molar-refractivity contribution >= 4 is 22.4 Å². The van der Waals surface area contributed by atoms with Gasteiger partial charge in [0, 0.05) is 13.1 Å². The highest BCUT2D eigenvalue weighted by molar-refractivity contribution is 7.15. The fourth-order valence-corrected chi connectivity index (χ4v) is 2.28. The lowest BCUT2D eigenvalue weighted by molar-refractivity contribution is -0.143. The van der Waals surface area contributed by atoms with Gasteiger partial charge in [0.15, 0.2) is 0 Å². The van der Waals surface area contributed by atoms with E-state index in [4.69, 9.17) is 4.74 Å². The molecule has 0 radical (unpaired) electrons. The maximum absolute atomic E-state index is 11.5. The summed E-state index contributed by atoms with van der Waals surface area (Å²) in [5.74, 6) is 0.0227. The number of rotatable bonds is 5. The molecule has 1 aromatic heterocycles. The minimum atomic E-state index is 0.0227. The molecule has 0 saturated carbocycles. The number of nitrogens with zero attached hydrogens (tertiary/aromatic N) is 3. The number of ether oxygens (including phenoxy) is 1. The van der Waals surface area contributed by atoms with Crippen LogP contribution in [0.25, 0.3) is 0 Å². The molecule has 0 atom stereocenters. The summed E-state index contributed by atoms with van der Waals surface area (Å²) in [5, 5.41) is 13.0. The third-order valence-corrected chi connectivity index (χ3v) is 3.27. The molecule has 1 aliphatic rings. The van der Waals surface area contributed by atoms with Crippen LogP contribution >= 0.6 is 11.3 Å². The molecule has 1 aliphatic heterocycles. The van der Waals surface area contributed by atoms with E-state index >= 15 is 0 Å². The molecule has 17 heavy (non-hydrogen) atoms. The highest BCUT2D eigenvalue weighted by Gasteiger charge is 2.20. The molecule has 94 valence electrons. The summed E-state index contributed by atoms with van der Waals surface area (Å²) in [6, 6.07) is 0. The molecule has 6 nitrogen and oxygen atoms in total. The number of anilines is 1. The summed E-state index contributed by atoms with van der Waals surface area (Å²) in [6.45, 7) is 4.95. The van der Waals surface area contributed by atoms with Crippen molar-refractivity contribution in [1.82, 2.24) is 15.1 Å². The van der Waals surface area contributed by atoms with Gasteiger partial charge in [0.25, 0.3) is 0 Å². The van der Waals surface area contributed by atoms with Crippen molar-refractivity contribution in [2.45, 2.75) is 19.9 Å². The Balaban J connectivity index is 1.89. The van der Waals surface area contributed by atoms with Gasteiger partial charge in [-0.2, -0.15) is 0 Å². The van der Waals surface area contributed by atoms with Gasteiger partial charge in [-0.25, -0.2) is 0 Å². The van der Waals surface area contributed by atoms with Crippen LogP contribution < -0.4 is 5.32 Å². The van der Waals surface area contributed by atoms with Crippen molar-refractivity contribution < 1.29 is 9.53 Å². The molecule has 0 aliphatic carbocycles. The molecule has 2 rings (SSSR count). The van der Waals surface area contributed by atoms with Crippen LogP contribution in [0.5, 0.6) is 0 Å². The van der Waals surface area contributed by atoms with Gasteiger partial charge >= 0.3 is 0 Å². The van der Waals surface area contributed by atoms with E-state index < -0.39 is 0 Å². The summed E-state index contributed by atoms with van der Waals surface area (Å²) in [5.41, 5.74) is 0. The Kier molecular flexibility index (Phi) is 4.27. The third-order valence-electron chi connectivity index (χ3n) is 2.40. The van der Waals surface area contributed by atoms with Crippen LogP contribution in [0.4, 0.5) is 5.13 Å². The number of carbonyl (C=O) groups excluding carboxylic acids is 1. The van der Waals surface area contributed by atoms with Crippen LogP contribution in [0, 0.1) is 0 Å². The predicted octanol–water partition coefficient (Wildman–Crippen LogP) is 0.719. The fourth-order valence-electron chi connectivity index (χ4n) is 1.50. The quantitative estimate of drug-likeness (QED) is 0.840. The molecule has 0 spiro atoms. The Labute approximate surface area is 104 Å². The van der Waals surface area contributed by atoms with E-state index in [0.29, 0.717) is 19.7 Å². The number of amides is 1. The van der Waals surface area contributed by atoms with E-state index in [1.54, 1.807) is 4.90 Å². The predicted molar refractivity (Wildman–Crippen MR) is 64.9 cm³/mol. The first-order chi connectivity index (χ1) is 8.29. The van der Waals surface area contributed by atoms with E-state index in [1.165, 1.54) is 11.3 Å². The van der Waals surface area contributed by atoms with Crippen LogP contribution in [0.3, 0.4) is 0 Å². The number of hydrogen-bond acceptors (Lipinski definition) is 6. The Hall–Kier alpha value is -1.21. The van der Waals surface area contributed by atoms with E-state index in [-0.39, 0.29) is 12.5 Å². The molecule has 7 heteroatoms. The highest BCUT2D eigenvalue weighted by atomic mass is 32.1. The van der Waals surface area contributed by atoms with Gasteiger partial charge in [0.05, 0.1) is 13.2 Å². The van der Waals surface area contributed by atoms with Gasteiger partial charge in [0.2, 0.25) is 11.0 Å². The van der Waals surface area contributed by atoms with Gasteiger partial charge in [-0.05, 0) is 6.42 Å². The molecular weight excluding hydrogens is 240 g/mol. The summed E-state index contributed by atoms with van der Waals surface area (Å²) < 4.78 is 5.07. The van der Waals surface area contributed by atoms with E-state index in [0.717, 1.165) is 23.1 Å². The van der Waals surface area contributed by atoms with Gasteiger partial charge in [-0.15, -0.1) is 10.2 Å². The average Bonchev–Trinajstić information content (AvgIpc) is 2.77. The normalized spacial score (nSPS) is 16.3. The zero-order valence-corrected chi connectivity index (χ0v) is 10.6. The molecule has 1 amide bonds. The lowest BCUT2D eigenvalue weighted by atomic mass is 10.4. The maximum atomic E-state index is 11.5. The Bertz CT molecular complexity index is 382. The van der Waals surface area contributed by atoms with Crippen molar-refractivity contribution in [3.63, 3.8) is 0 Å². The minimum absolute atomic E-state index is 0.0227. The van der Waals surface area contributed by atoms with Crippen LogP contribution in [0.15, 0.2) is 0 Å². The van der Waals surface area contributed by atoms with Crippen molar-refractivity contribution in [2.75, 3.05) is 31.6 Å². The van der Waals surface area contributed by atoms with Crippen molar-refractivity contribution in [2.24, 2.45) is 0 Å². The topological polar surface area (TPSA) is 67.3 Å². The second-order valence-corrected chi connectivity index (χ2v) is 4.86. The van der Waals surface area contributed by atoms with Gasteiger partial charge in [-0.3, -0.25) is 4.79 Å². The monoisotopic (exact) mass is 256 g/mol. The highest BCUT2D eigenvalue weighted by Crippen LogP contribution is 2.17. The summed E-state index contributed by atoms with van der Waals surface area (Å²) in [6.07, 6.45) is 1.05. The number of nitrogens with one attached hydrogen (secondary N) is 1. The number of carbonyl (C=O) groups is 1. The summed E-state index contributed by atoms with van der Waals surface area (Å²) in [4.78, 5) is 13.3. The molecular formula is C10H16N4O2S. The largest absolute Gasteiger partial charge is 0.370 e. The zero-order valence-electron chi connectivity index (χ0n) is 9.81. The number of aromatic nitrogens is 2. The van der Waals surface area contributed by atoms with Crippen LogP contribution in [0.2, 0.25) is 0 Å². The van der Waals surface area contributed by atoms with E-state index in [1.807, 2.05) is 0 Å². The number of hydrogen-bond donors (Lipinski definition) is 1. The molecule has 1 saturated heterocycles. The lowest BCUT2D eigenvalue weighted by Crippen LogP contribution is -2.40. The van der Waals surface area contributed by atoms with E-state index in [9.17, 15) is 4.79 Å². The van der Waals surface area contributed by atoms with Crippen LogP contribution in [-0.2, 0) is 16.1 Å². The second kappa shape index (κ2) is 5.92. The first-order valence-electron chi connectivity index (χ1n) is 5.71. The second-order valence-electron chi connectivity index (χ2n) is 3.80. The maximum Gasteiger partial charge on any atom is 0.249 e. The smallest absolute Gasteiger partial charge is 0.249 e. The van der Waals surface area contributed by atoms with Crippen molar-refractivity contribution in [3.8, 4) is 0 Å². The fraction of sp³-hybridized carbons (Fsp3) is 0.700. The van der Waals surface area contributed by atoms with Gasteiger partial charge in [0.1, 0.15) is 11.6 Å². The SMILES string of the molecule is CCCNc1nnc(CN2CCOCC2=O)s1.